The third-order valence-electron chi connectivity index (χ3n) is 3.59. The molecule has 7 heteroatoms. The van der Waals surface area contributed by atoms with Gasteiger partial charge in [-0.1, -0.05) is 23.4 Å². The molecular weight excluding hydrogens is 278 g/mol. The summed E-state index contributed by atoms with van der Waals surface area (Å²) >= 11 is 0. The molecule has 3 rings (SSSR count). The molecule has 20 heavy (non-hydrogen) atoms. The van der Waals surface area contributed by atoms with Crippen LogP contribution >= 0.6 is 0 Å². The van der Waals surface area contributed by atoms with Gasteiger partial charge < -0.3 is 5.11 Å². The smallest absolute Gasteiger partial charge is 0.150 e. The van der Waals surface area contributed by atoms with Crippen molar-refractivity contribution in [3.05, 3.63) is 42.2 Å². The second kappa shape index (κ2) is 4.99. The zero-order valence-electron chi connectivity index (χ0n) is 10.8. The Balaban J connectivity index is 1.90. The Morgan fingerprint density at radius 1 is 1.30 bits per heavy atom. The summed E-state index contributed by atoms with van der Waals surface area (Å²) in [4.78, 5) is 0. The van der Waals surface area contributed by atoms with Crippen LogP contribution in [-0.4, -0.2) is 40.0 Å². The largest absolute Gasteiger partial charge is 0.386 e. The minimum Gasteiger partial charge on any atom is -0.386 e. The zero-order valence-corrected chi connectivity index (χ0v) is 11.6. The molecule has 2 unspecified atom stereocenters. The highest BCUT2D eigenvalue weighted by molar-refractivity contribution is 7.91. The second-order valence-corrected chi connectivity index (χ2v) is 7.24. The molecule has 0 aliphatic carbocycles. The van der Waals surface area contributed by atoms with Gasteiger partial charge in [-0.15, -0.1) is 5.10 Å². The molecule has 0 spiro atoms. The van der Waals surface area contributed by atoms with Crippen molar-refractivity contribution in [3.8, 4) is 5.69 Å². The zero-order chi connectivity index (χ0) is 14.2. The highest BCUT2D eigenvalue weighted by Crippen LogP contribution is 2.31. The number of para-hydroxylation sites is 1. The summed E-state index contributed by atoms with van der Waals surface area (Å²) in [6, 6.07) is 9.34. The summed E-state index contributed by atoms with van der Waals surface area (Å²) in [6.45, 7) is 0. The lowest BCUT2D eigenvalue weighted by Gasteiger charge is -2.17. The summed E-state index contributed by atoms with van der Waals surface area (Å²) in [5, 5.41) is 18.2. The third kappa shape index (κ3) is 2.46. The van der Waals surface area contributed by atoms with Crippen LogP contribution in [0.1, 0.15) is 18.2 Å². The molecule has 106 valence electrons. The number of aromatic nitrogens is 3. The van der Waals surface area contributed by atoms with E-state index in [1.807, 2.05) is 30.3 Å². The summed E-state index contributed by atoms with van der Waals surface area (Å²) in [6.07, 6.45) is 1.09. The Morgan fingerprint density at radius 2 is 2.05 bits per heavy atom. The van der Waals surface area contributed by atoms with Gasteiger partial charge in [-0.25, -0.2) is 13.1 Å². The van der Waals surface area contributed by atoms with E-state index in [2.05, 4.69) is 10.3 Å². The molecule has 0 bridgehead atoms. The van der Waals surface area contributed by atoms with Crippen molar-refractivity contribution in [1.82, 2.24) is 15.0 Å². The third-order valence-corrected chi connectivity index (χ3v) is 5.39. The number of sulfone groups is 1. The lowest BCUT2D eigenvalue weighted by Crippen LogP contribution is -2.17. The Kier molecular flexibility index (Phi) is 3.31. The second-order valence-electron chi connectivity index (χ2n) is 5.01. The average Bonchev–Trinajstić information content (AvgIpc) is 3.05. The van der Waals surface area contributed by atoms with Crippen LogP contribution < -0.4 is 0 Å². The molecule has 0 radical (unpaired) electrons. The van der Waals surface area contributed by atoms with Gasteiger partial charge in [-0.3, -0.25) is 0 Å². The minimum atomic E-state index is -3.02. The van der Waals surface area contributed by atoms with Gasteiger partial charge in [0.15, 0.2) is 9.84 Å². The molecule has 1 N–H and O–H groups in total. The first-order chi connectivity index (χ1) is 9.57. The highest BCUT2D eigenvalue weighted by atomic mass is 32.2. The van der Waals surface area contributed by atoms with Crippen molar-refractivity contribution < 1.29 is 13.5 Å². The summed E-state index contributed by atoms with van der Waals surface area (Å²) < 4.78 is 24.6. The van der Waals surface area contributed by atoms with E-state index in [-0.39, 0.29) is 17.4 Å². The molecule has 2 heterocycles. The first-order valence-electron chi connectivity index (χ1n) is 6.41. The lowest BCUT2D eigenvalue weighted by molar-refractivity contribution is 0.114. The van der Waals surface area contributed by atoms with E-state index < -0.39 is 15.9 Å². The van der Waals surface area contributed by atoms with E-state index in [4.69, 9.17) is 0 Å². The predicted molar refractivity (Wildman–Crippen MR) is 73.1 cm³/mol. The Hall–Kier alpha value is -1.73. The monoisotopic (exact) mass is 293 g/mol. The number of aliphatic hydroxyl groups is 1. The van der Waals surface area contributed by atoms with E-state index in [1.54, 1.807) is 4.68 Å². The molecule has 1 saturated heterocycles. The predicted octanol–water partition coefficient (Wildman–Crippen LogP) is 0.735. The maximum absolute atomic E-state index is 11.5. The highest BCUT2D eigenvalue weighted by Gasteiger charge is 2.35. The van der Waals surface area contributed by atoms with Crippen LogP contribution in [0.4, 0.5) is 0 Å². The number of nitrogens with zero attached hydrogens (tertiary/aromatic N) is 3. The van der Waals surface area contributed by atoms with E-state index in [1.165, 1.54) is 6.20 Å². The molecule has 1 aliphatic heterocycles. The van der Waals surface area contributed by atoms with Gasteiger partial charge in [0.2, 0.25) is 0 Å². The van der Waals surface area contributed by atoms with Gasteiger partial charge >= 0.3 is 0 Å². The average molecular weight is 293 g/mol. The van der Waals surface area contributed by atoms with E-state index in [0.717, 1.165) is 5.69 Å². The topological polar surface area (TPSA) is 85.1 Å². The van der Waals surface area contributed by atoms with E-state index in [0.29, 0.717) is 12.1 Å². The van der Waals surface area contributed by atoms with Crippen molar-refractivity contribution in [1.29, 1.82) is 0 Å². The fraction of sp³-hybridized carbons (Fsp3) is 0.385. The van der Waals surface area contributed by atoms with Crippen LogP contribution in [0.2, 0.25) is 0 Å². The maximum Gasteiger partial charge on any atom is 0.150 e. The molecule has 2 atom stereocenters. The number of hydrogen-bond acceptors (Lipinski definition) is 5. The molecule has 1 aromatic carbocycles. The van der Waals surface area contributed by atoms with Crippen LogP contribution in [0.15, 0.2) is 36.5 Å². The number of benzene rings is 1. The van der Waals surface area contributed by atoms with Crippen LogP contribution in [-0.2, 0) is 9.84 Å². The molecule has 2 aromatic rings. The van der Waals surface area contributed by atoms with E-state index in [9.17, 15) is 13.5 Å². The summed E-state index contributed by atoms with van der Waals surface area (Å²) in [7, 11) is -3.02. The van der Waals surface area contributed by atoms with Gasteiger partial charge in [0.1, 0.15) is 6.10 Å². The molecule has 1 aromatic heterocycles. The van der Waals surface area contributed by atoms with Gasteiger partial charge in [0.25, 0.3) is 0 Å². The van der Waals surface area contributed by atoms with Gasteiger partial charge in [0.05, 0.1) is 29.1 Å². The van der Waals surface area contributed by atoms with Crippen molar-refractivity contribution >= 4 is 9.84 Å². The Labute approximate surface area is 117 Å². The normalized spacial score (nSPS) is 22.8. The Morgan fingerprint density at radius 3 is 2.70 bits per heavy atom. The maximum atomic E-state index is 11.5. The minimum absolute atomic E-state index is 0.0220. The molecular formula is C13H15N3O3S. The molecule has 1 fully saturated rings. The fourth-order valence-electron chi connectivity index (χ4n) is 2.53. The van der Waals surface area contributed by atoms with Crippen LogP contribution in [0.3, 0.4) is 0 Å². The Bertz CT molecular complexity index is 697. The lowest BCUT2D eigenvalue weighted by atomic mass is 9.99. The standard InChI is InChI=1S/C13H15N3O3S/c17-13(10-6-7-20(18,19)9-10)12-8-14-15-16(12)11-4-2-1-3-5-11/h1-5,8,10,13,17H,6-7,9H2. The molecule has 1 aliphatic rings. The molecule has 0 amide bonds. The van der Waals surface area contributed by atoms with Crippen molar-refractivity contribution in [2.24, 2.45) is 5.92 Å². The van der Waals surface area contributed by atoms with Crippen LogP contribution in [0.25, 0.3) is 5.69 Å². The molecule has 6 nitrogen and oxygen atoms in total. The van der Waals surface area contributed by atoms with Gasteiger partial charge in [-0.05, 0) is 18.6 Å². The first kappa shape index (κ1) is 13.3. The van der Waals surface area contributed by atoms with Crippen LogP contribution in [0, 0.1) is 5.92 Å². The number of aliphatic hydroxyl groups excluding tert-OH is 1. The van der Waals surface area contributed by atoms with E-state index >= 15 is 0 Å². The first-order valence-corrected chi connectivity index (χ1v) is 8.23. The van der Waals surface area contributed by atoms with Crippen molar-refractivity contribution in [2.75, 3.05) is 11.5 Å². The number of hydrogen-bond donors (Lipinski definition) is 1. The van der Waals surface area contributed by atoms with Crippen LogP contribution in [0.5, 0.6) is 0 Å². The van der Waals surface area contributed by atoms with Gasteiger partial charge in [-0.2, -0.15) is 0 Å². The summed E-state index contributed by atoms with van der Waals surface area (Å²) in [5.74, 6) is -0.128. The molecule has 0 saturated carbocycles. The van der Waals surface area contributed by atoms with Crippen molar-refractivity contribution in [3.63, 3.8) is 0 Å². The van der Waals surface area contributed by atoms with Crippen molar-refractivity contribution in [2.45, 2.75) is 12.5 Å². The SMILES string of the molecule is O=S1(=O)CCC(C(O)c2cnnn2-c2ccccc2)C1. The number of rotatable bonds is 3. The quantitative estimate of drug-likeness (QED) is 0.902. The van der Waals surface area contributed by atoms with Gasteiger partial charge in [0, 0.05) is 5.92 Å². The summed E-state index contributed by atoms with van der Waals surface area (Å²) in [5.41, 5.74) is 1.32. The fourth-order valence-corrected chi connectivity index (χ4v) is 4.36.